The van der Waals surface area contributed by atoms with Gasteiger partial charge in [0.15, 0.2) is 5.82 Å². The molecule has 2 aromatic heterocycles. The van der Waals surface area contributed by atoms with Crippen molar-refractivity contribution >= 4 is 58.0 Å². The van der Waals surface area contributed by atoms with E-state index < -0.39 is 6.04 Å². The van der Waals surface area contributed by atoms with Gasteiger partial charge in [0.05, 0.1) is 111 Å². The zero-order chi connectivity index (χ0) is 56.1. The predicted octanol–water partition coefficient (Wildman–Crippen LogP) is 6.81. The molecule has 0 radical (unpaired) electrons. The number of thiophene rings is 1. The van der Waals surface area contributed by atoms with Gasteiger partial charge in [0, 0.05) is 77.4 Å². The van der Waals surface area contributed by atoms with Crippen LogP contribution in [0.3, 0.4) is 0 Å². The SMILES string of the molecule is Cc1sc2c(c1C)C(c1ccc(Cl)cc1)=N[C@@H](CC(=O)NCCOCCOCCOCCNC(=O)CCOCCOCCOCCOCCNC(=O)CCC(=O)N1Cc3ccccc3C3C=CC3c3ccccc31)c1nnc(C)n1-2. The van der Waals surface area contributed by atoms with E-state index in [1.54, 1.807) is 11.3 Å². The summed E-state index contributed by atoms with van der Waals surface area (Å²) >= 11 is 7.89. The number of aromatic nitrogens is 3. The number of allylic oxidation sites excluding steroid dienone is 2. The summed E-state index contributed by atoms with van der Waals surface area (Å²) in [4.78, 5) is 59.7. The highest BCUT2D eigenvalue weighted by atomic mass is 35.5. The molecule has 0 saturated carbocycles. The molecule has 3 aromatic carbocycles. The van der Waals surface area contributed by atoms with Crippen LogP contribution in [0.25, 0.3) is 5.00 Å². The van der Waals surface area contributed by atoms with Crippen molar-refractivity contribution in [1.82, 2.24) is 30.7 Å². The predicted molar refractivity (Wildman–Crippen MR) is 305 cm³/mol. The zero-order valence-corrected chi connectivity index (χ0v) is 47.5. The summed E-state index contributed by atoms with van der Waals surface area (Å²) in [6, 6.07) is 23.4. The number of ether oxygens (including phenoxy) is 7. The maximum absolute atomic E-state index is 13.6. The molecule has 21 heteroatoms. The largest absolute Gasteiger partial charge is 0.379 e. The number of carbonyl (C=O) groups is 4. The molecule has 1 aliphatic carbocycles. The molecule has 2 unspecified atom stereocenters. The molecule has 0 fully saturated rings. The average Bonchev–Trinajstić information content (AvgIpc) is 3.97. The van der Waals surface area contributed by atoms with Gasteiger partial charge in [-0.15, -0.1) is 21.5 Å². The van der Waals surface area contributed by atoms with Gasteiger partial charge in [-0.25, -0.2) is 0 Å². The number of hydrogen-bond donors (Lipinski definition) is 3. The van der Waals surface area contributed by atoms with E-state index in [1.165, 1.54) is 10.4 Å². The highest BCUT2D eigenvalue weighted by Crippen LogP contribution is 2.49. The van der Waals surface area contributed by atoms with E-state index in [0.717, 1.165) is 50.0 Å². The minimum absolute atomic E-state index is 0.0804. The lowest BCUT2D eigenvalue weighted by Crippen LogP contribution is -2.36. The molecule has 5 aromatic rings. The van der Waals surface area contributed by atoms with E-state index in [2.05, 4.69) is 70.3 Å². The lowest BCUT2D eigenvalue weighted by molar-refractivity contribution is -0.125. The number of aliphatic imine (C=N–C) groups is 1. The average molecular weight is 1140 g/mol. The summed E-state index contributed by atoms with van der Waals surface area (Å²) in [5.41, 5.74) is 8.27. The first-order valence-corrected chi connectivity index (χ1v) is 28.6. The highest BCUT2D eigenvalue weighted by Gasteiger charge is 2.36. The number of fused-ring (bicyclic) bond motifs is 8. The molecule has 4 heterocycles. The van der Waals surface area contributed by atoms with Crippen molar-refractivity contribution in [3.8, 4) is 5.00 Å². The Hall–Kier alpha value is -6.20. The number of anilines is 1. The van der Waals surface area contributed by atoms with Crippen LogP contribution in [0.15, 0.2) is 89.9 Å². The van der Waals surface area contributed by atoms with Crippen molar-refractivity contribution in [3.63, 3.8) is 0 Å². The maximum Gasteiger partial charge on any atom is 0.227 e. The van der Waals surface area contributed by atoms with Crippen LogP contribution in [0, 0.1) is 20.8 Å². The number of carbonyl (C=O) groups excluding carboxylic acids is 4. The molecule has 80 heavy (non-hydrogen) atoms. The number of benzene rings is 3. The molecular weight excluding hydrogens is 1060 g/mol. The van der Waals surface area contributed by atoms with E-state index in [1.807, 2.05) is 71.0 Å². The second kappa shape index (κ2) is 31.1. The Bertz CT molecular complexity index is 2910. The Morgan fingerprint density at radius 3 is 1.74 bits per heavy atom. The van der Waals surface area contributed by atoms with Gasteiger partial charge in [0.2, 0.25) is 23.6 Å². The molecular formula is C59H73ClN8O11S. The number of nitrogens with one attached hydrogen (secondary N) is 3. The molecule has 3 atom stereocenters. The van der Waals surface area contributed by atoms with Gasteiger partial charge in [-0.2, -0.15) is 0 Å². The van der Waals surface area contributed by atoms with Gasteiger partial charge >= 0.3 is 0 Å². The number of hydrogen-bond acceptors (Lipinski definition) is 15. The van der Waals surface area contributed by atoms with Crippen LogP contribution in [0.5, 0.6) is 0 Å². The lowest BCUT2D eigenvalue weighted by Gasteiger charge is -2.38. The Morgan fingerprint density at radius 1 is 0.600 bits per heavy atom. The summed E-state index contributed by atoms with van der Waals surface area (Å²) in [7, 11) is 0. The molecule has 2 aliphatic heterocycles. The van der Waals surface area contributed by atoms with Crippen molar-refractivity contribution in [2.24, 2.45) is 4.99 Å². The minimum Gasteiger partial charge on any atom is -0.379 e. The Labute approximate surface area is 476 Å². The fraction of sp³-hybridized carbons (Fsp3) is 0.475. The van der Waals surface area contributed by atoms with Crippen LogP contribution in [0.2, 0.25) is 5.02 Å². The number of amides is 4. The third-order valence-electron chi connectivity index (χ3n) is 13.9. The lowest BCUT2D eigenvalue weighted by atomic mass is 9.71. The number of halogens is 1. The normalized spacial score (nSPS) is 15.9. The molecule has 19 nitrogen and oxygen atoms in total. The van der Waals surface area contributed by atoms with Crippen LogP contribution >= 0.6 is 22.9 Å². The first kappa shape index (κ1) is 59.9. The summed E-state index contributed by atoms with van der Waals surface area (Å²) in [5.74, 6) is 1.30. The van der Waals surface area contributed by atoms with Gasteiger partial charge in [0.1, 0.15) is 16.9 Å². The van der Waals surface area contributed by atoms with Gasteiger partial charge in [-0.05, 0) is 61.2 Å². The Kier molecular flexibility index (Phi) is 23.3. The van der Waals surface area contributed by atoms with E-state index in [-0.39, 0.29) is 61.8 Å². The zero-order valence-electron chi connectivity index (χ0n) is 45.9. The van der Waals surface area contributed by atoms with Crippen molar-refractivity contribution < 1.29 is 52.3 Å². The quantitative estimate of drug-likeness (QED) is 0.0291. The second-order valence-corrected chi connectivity index (χ2v) is 21.0. The van der Waals surface area contributed by atoms with E-state index in [0.29, 0.717) is 129 Å². The molecule has 0 spiro atoms. The fourth-order valence-corrected chi connectivity index (χ4v) is 10.9. The molecule has 3 aliphatic rings. The second-order valence-electron chi connectivity index (χ2n) is 19.4. The van der Waals surface area contributed by atoms with Gasteiger partial charge < -0.3 is 54.0 Å². The van der Waals surface area contributed by atoms with Crippen LogP contribution in [-0.4, -0.2) is 156 Å². The van der Waals surface area contributed by atoms with Crippen LogP contribution in [0.4, 0.5) is 5.69 Å². The molecule has 0 saturated heterocycles. The molecule has 3 N–H and O–H groups in total. The molecule has 8 rings (SSSR count). The van der Waals surface area contributed by atoms with Crippen LogP contribution < -0.4 is 20.9 Å². The molecule has 4 amide bonds. The number of rotatable bonds is 33. The number of nitrogens with zero attached hydrogens (tertiary/aromatic N) is 5. The number of para-hydroxylation sites is 1. The standard InChI is InChI=1S/C59H73ClN8O11S/c1-40-41(2)80-59-56(40)57(43-12-14-45(60)15-13-43)64-50(58-66-65-42(3)68(58)59)38-54(71)63-23-27-76-31-34-78-33-29-75-26-22-62-53(70)20-24-73-28-32-77-36-37-79-35-30-74-25-21-61-52(69)18-19-55(72)67-39-44-8-4-5-9-46(44)47-16-17-48(47)49-10-6-7-11-51(49)67/h4-17,47-48,50H,18-39H2,1-3H3,(H,61,69)(H,62,70)(H,63,71)/t47?,48?,50-/m0/s1. The maximum atomic E-state index is 13.6. The van der Waals surface area contributed by atoms with Crippen LogP contribution in [-0.2, 0) is 58.9 Å². The molecule has 428 valence electrons. The first-order chi connectivity index (χ1) is 39.1. The minimum atomic E-state index is -0.555. The van der Waals surface area contributed by atoms with Crippen molar-refractivity contribution in [1.29, 1.82) is 0 Å². The fourth-order valence-electron chi connectivity index (χ4n) is 9.59. The van der Waals surface area contributed by atoms with Gasteiger partial charge in [-0.3, -0.25) is 28.7 Å². The van der Waals surface area contributed by atoms with Crippen LogP contribution in [0.1, 0.15) is 93.5 Å². The summed E-state index contributed by atoms with van der Waals surface area (Å²) < 4.78 is 41.0. The van der Waals surface area contributed by atoms with Gasteiger partial charge in [-0.1, -0.05) is 78.4 Å². The number of aryl methyl sites for hydroxylation is 2. The first-order valence-electron chi connectivity index (χ1n) is 27.4. The van der Waals surface area contributed by atoms with Crippen molar-refractivity contribution in [2.75, 3.05) is 117 Å². The van der Waals surface area contributed by atoms with E-state index >= 15 is 0 Å². The third-order valence-corrected chi connectivity index (χ3v) is 15.3. The van der Waals surface area contributed by atoms with Crippen molar-refractivity contribution in [3.05, 3.63) is 140 Å². The summed E-state index contributed by atoms with van der Waals surface area (Å²) in [5, 5.41) is 19.1. The monoisotopic (exact) mass is 1140 g/mol. The van der Waals surface area contributed by atoms with E-state index in [4.69, 9.17) is 49.8 Å². The summed E-state index contributed by atoms with van der Waals surface area (Å²) in [6.07, 6.45) is 4.97. The Balaban J connectivity index is 0.560. The summed E-state index contributed by atoms with van der Waals surface area (Å²) in [6.45, 7) is 12.6. The van der Waals surface area contributed by atoms with Gasteiger partial charge in [0.25, 0.3) is 0 Å². The third kappa shape index (κ3) is 16.7. The van der Waals surface area contributed by atoms with Crippen molar-refractivity contribution in [2.45, 2.75) is 70.9 Å². The molecule has 0 bridgehead atoms. The van der Waals surface area contributed by atoms with E-state index in [9.17, 15) is 19.2 Å². The Morgan fingerprint density at radius 2 is 1.12 bits per heavy atom. The topological polar surface area (TPSA) is 215 Å². The highest BCUT2D eigenvalue weighted by molar-refractivity contribution is 7.15. The smallest absolute Gasteiger partial charge is 0.227 e.